The number of hydrogen-bond donors (Lipinski definition) is 0. The van der Waals surface area contributed by atoms with Crippen LogP contribution in [0.15, 0.2) is 60.7 Å². The molecule has 30 heavy (non-hydrogen) atoms. The molecule has 0 aromatic heterocycles. The van der Waals surface area contributed by atoms with Gasteiger partial charge in [-0.15, -0.1) is 0 Å². The number of amides is 1. The van der Waals surface area contributed by atoms with Crippen molar-refractivity contribution in [1.29, 1.82) is 0 Å². The first kappa shape index (κ1) is 20.9. The molecule has 0 fully saturated rings. The maximum absolute atomic E-state index is 12.0. The molecule has 0 aliphatic rings. The number of hydrogen-bond acceptors (Lipinski definition) is 6. The van der Waals surface area contributed by atoms with E-state index >= 15 is 0 Å². The Hall–Kier alpha value is -3.78. The van der Waals surface area contributed by atoms with Crippen LogP contribution < -0.4 is 5.06 Å². The fourth-order valence-electron chi connectivity index (χ4n) is 3.16. The maximum Gasteiger partial charge on any atom is 0.310 e. The van der Waals surface area contributed by atoms with Gasteiger partial charge in [-0.2, -0.15) is 5.06 Å². The maximum atomic E-state index is 12.0. The van der Waals surface area contributed by atoms with Crippen molar-refractivity contribution < 1.29 is 24.1 Å². The summed E-state index contributed by atoms with van der Waals surface area (Å²) in [5.74, 6) is -0.564. The number of ether oxygens (including phenoxy) is 1. The van der Waals surface area contributed by atoms with Gasteiger partial charge in [0.1, 0.15) is 6.61 Å². The van der Waals surface area contributed by atoms with E-state index in [1.165, 1.54) is 6.07 Å². The van der Waals surface area contributed by atoms with Crippen molar-refractivity contribution in [2.24, 2.45) is 0 Å². The van der Waals surface area contributed by atoms with Crippen LogP contribution in [-0.2, 0) is 32.2 Å². The molecule has 3 aromatic rings. The Balaban J connectivity index is 2.06. The van der Waals surface area contributed by atoms with E-state index in [4.69, 9.17) is 9.57 Å². The number of nitrogens with zero attached hydrogens (tertiary/aromatic N) is 2. The van der Waals surface area contributed by atoms with Gasteiger partial charge in [0.05, 0.1) is 23.6 Å². The highest BCUT2D eigenvalue weighted by atomic mass is 16.7. The summed E-state index contributed by atoms with van der Waals surface area (Å²) in [7, 11) is 0. The molecule has 0 spiro atoms. The molecule has 0 radical (unpaired) electrons. The van der Waals surface area contributed by atoms with E-state index in [2.05, 4.69) is 0 Å². The predicted octanol–water partition coefficient (Wildman–Crippen LogP) is 3.95. The monoisotopic (exact) mass is 408 g/mol. The van der Waals surface area contributed by atoms with Crippen LogP contribution in [0.4, 0.5) is 11.4 Å². The largest absolute Gasteiger partial charge is 0.466 e. The van der Waals surface area contributed by atoms with Gasteiger partial charge in [-0.25, -0.2) is 0 Å². The molecule has 0 unspecified atom stereocenters. The Morgan fingerprint density at radius 3 is 2.40 bits per heavy atom. The molecule has 0 aliphatic heterocycles. The van der Waals surface area contributed by atoms with E-state index in [0.717, 1.165) is 10.6 Å². The number of esters is 1. The zero-order chi connectivity index (χ0) is 21.5. The Morgan fingerprint density at radius 1 is 1.10 bits per heavy atom. The smallest absolute Gasteiger partial charge is 0.310 e. The topological polar surface area (TPSA) is 99.0 Å². The first-order valence-electron chi connectivity index (χ1n) is 9.31. The van der Waals surface area contributed by atoms with Crippen molar-refractivity contribution in [3.63, 3.8) is 0 Å². The van der Waals surface area contributed by atoms with Crippen LogP contribution in [0.2, 0.25) is 0 Å². The number of rotatable bonds is 9. The molecule has 0 aliphatic carbocycles. The quantitative estimate of drug-likeness (QED) is 0.230. The SMILES string of the molecule is CCOC(=O)Cc1c([N+](=O)[O-])cc(N(C=O)OCc2ccccc2)c2ccccc12. The molecule has 8 nitrogen and oxygen atoms in total. The van der Waals surface area contributed by atoms with E-state index in [-0.39, 0.29) is 36.6 Å². The van der Waals surface area contributed by atoms with Crippen LogP contribution in [0.5, 0.6) is 0 Å². The van der Waals surface area contributed by atoms with E-state index in [1.807, 2.05) is 30.3 Å². The van der Waals surface area contributed by atoms with Crippen molar-refractivity contribution in [2.45, 2.75) is 20.0 Å². The number of fused-ring (bicyclic) bond motifs is 1. The molecule has 3 rings (SSSR count). The predicted molar refractivity (Wildman–Crippen MR) is 111 cm³/mol. The highest BCUT2D eigenvalue weighted by Crippen LogP contribution is 2.36. The van der Waals surface area contributed by atoms with E-state index < -0.39 is 10.9 Å². The molecule has 0 heterocycles. The second kappa shape index (κ2) is 9.62. The number of anilines is 1. The third-order valence-electron chi connectivity index (χ3n) is 4.48. The number of benzene rings is 3. The Labute approximate surface area is 172 Å². The van der Waals surface area contributed by atoms with Gasteiger partial charge in [-0.3, -0.25) is 24.5 Å². The van der Waals surface area contributed by atoms with Gasteiger partial charge >= 0.3 is 5.97 Å². The van der Waals surface area contributed by atoms with Crippen molar-refractivity contribution >= 4 is 34.5 Å². The van der Waals surface area contributed by atoms with Crippen molar-refractivity contribution in [1.82, 2.24) is 0 Å². The van der Waals surface area contributed by atoms with E-state index in [9.17, 15) is 19.7 Å². The molecular weight excluding hydrogens is 388 g/mol. The number of carbonyl (C=O) groups is 2. The van der Waals surface area contributed by atoms with Crippen LogP contribution in [0, 0.1) is 10.1 Å². The second-order valence-corrected chi connectivity index (χ2v) is 6.37. The summed E-state index contributed by atoms with van der Waals surface area (Å²) in [6.07, 6.45) is 0.205. The van der Waals surface area contributed by atoms with Gasteiger partial charge in [-0.05, 0) is 17.9 Å². The van der Waals surface area contributed by atoms with Gasteiger partial charge in [0.2, 0.25) is 6.41 Å². The van der Waals surface area contributed by atoms with Gasteiger partial charge in [0, 0.05) is 17.0 Å². The normalized spacial score (nSPS) is 10.6. The number of hydroxylamine groups is 1. The summed E-state index contributed by atoms with van der Waals surface area (Å²) >= 11 is 0. The minimum absolute atomic E-state index is 0.103. The van der Waals surface area contributed by atoms with Gasteiger partial charge in [0.15, 0.2) is 0 Å². The molecule has 3 aromatic carbocycles. The fourth-order valence-corrected chi connectivity index (χ4v) is 3.16. The van der Waals surface area contributed by atoms with Crippen LogP contribution in [0.25, 0.3) is 10.8 Å². The Morgan fingerprint density at radius 2 is 1.77 bits per heavy atom. The lowest BCUT2D eigenvalue weighted by atomic mass is 9.98. The third kappa shape index (κ3) is 4.61. The van der Waals surface area contributed by atoms with E-state index in [0.29, 0.717) is 17.2 Å². The van der Waals surface area contributed by atoms with Crippen LogP contribution in [0.1, 0.15) is 18.1 Å². The van der Waals surface area contributed by atoms with Crippen LogP contribution >= 0.6 is 0 Å². The van der Waals surface area contributed by atoms with Crippen molar-refractivity contribution in [3.8, 4) is 0 Å². The number of nitro groups is 1. The minimum atomic E-state index is -0.579. The van der Waals surface area contributed by atoms with Gasteiger partial charge in [0.25, 0.3) is 5.69 Å². The lowest BCUT2D eigenvalue weighted by Gasteiger charge is -2.20. The van der Waals surface area contributed by atoms with Crippen LogP contribution in [0.3, 0.4) is 0 Å². The van der Waals surface area contributed by atoms with Gasteiger partial charge < -0.3 is 4.74 Å². The zero-order valence-corrected chi connectivity index (χ0v) is 16.3. The molecule has 1 amide bonds. The van der Waals surface area contributed by atoms with Gasteiger partial charge in [-0.1, -0.05) is 54.6 Å². The summed E-state index contributed by atoms with van der Waals surface area (Å²) in [5.41, 5.74) is 0.997. The average molecular weight is 408 g/mol. The summed E-state index contributed by atoms with van der Waals surface area (Å²) in [6, 6.07) is 17.3. The Bertz CT molecular complexity index is 1070. The second-order valence-electron chi connectivity index (χ2n) is 6.37. The zero-order valence-electron chi connectivity index (χ0n) is 16.3. The molecule has 0 bridgehead atoms. The highest BCUT2D eigenvalue weighted by Gasteiger charge is 2.25. The first-order chi connectivity index (χ1) is 14.5. The molecule has 154 valence electrons. The lowest BCUT2D eigenvalue weighted by Crippen LogP contribution is -2.22. The summed E-state index contributed by atoms with van der Waals surface area (Å²) in [4.78, 5) is 40.6. The number of carbonyl (C=O) groups excluding carboxylic acids is 2. The fraction of sp³-hybridized carbons (Fsp3) is 0.182. The van der Waals surface area contributed by atoms with Crippen LogP contribution in [-0.4, -0.2) is 23.9 Å². The molecular formula is C22H20N2O6. The lowest BCUT2D eigenvalue weighted by molar-refractivity contribution is -0.385. The van der Waals surface area contributed by atoms with E-state index in [1.54, 1.807) is 31.2 Å². The summed E-state index contributed by atoms with van der Waals surface area (Å²) in [6.45, 7) is 1.95. The summed E-state index contributed by atoms with van der Waals surface area (Å²) in [5, 5.41) is 13.7. The molecule has 8 heteroatoms. The van der Waals surface area contributed by atoms with Crippen molar-refractivity contribution in [3.05, 3.63) is 81.9 Å². The molecule has 0 saturated heterocycles. The molecule has 0 N–H and O–H groups in total. The third-order valence-corrected chi connectivity index (χ3v) is 4.48. The molecule has 0 saturated carbocycles. The van der Waals surface area contributed by atoms with Crippen molar-refractivity contribution in [2.75, 3.05) is 11.7 Å². The molecule has 0 atom stereocenters. The summed E-state index contributed by atoms with van der Waals surface area (Å²) < 4.78 is 4.96. The Kier molecular flexibility index (Phi) is 6.71. The minimum Gasteiger partial charge on any atom is -0.466 e. The highest BCUT2D eigenvalue weighted by molar-refractivity contribution is 6.03. The average Bonchev–Trinajstić information content (AvgIpc) is 2.76. The number of nitro benzene ring substituents is 1. The first-order valence-corrected chi connectivity index (χ1v) is 9.31. The standard InChI is InChI=1S/C22H20N2O6/c1-2-29-22(26)12-19-17-10-6-7-11-18(17)20(13-21(19)24(27)28)23(15-25)30-14-16-8-4-3-5-9-16/h3-11,13,15H,2,12,14H2,1H3.